The summed E-state index contributed by atoms with van der Waals surface area (Å²) >= 11 is 0. The fraction of sp³-hybridized carbons (Fsp3) is 0.818. The molecule has 2 heteroatoms. The van der Waals surface area contributed by atoms with E-state index in [0.29, 0.717) is 0 Å². The van der Waals surface area contributed by atoms with Gasteiger partial charge in [-0.15, -0.1) is 0 Å². The van der Waals surface area contributed by atoms with Crippen LogP contribution in [0.15, 0.2) is 23.8 Å². The number of allylic oxidation sites excluding steroid dienone is 3. The van der Waals surface area contributed by atoms with Crippen LogP contribution in [0.3, 0.4) is 0 Å². The molecule has 1 heterocycles. The monoisotopic (exact) mass is 332 g/mol. The smallest absolute Gasteiger partial charge is 0.164 e. The molecule has 1 aliphatic heterocycles. The molecule has 1 saturated heterocycles. The van der Waals surface area contributed by atoms with Gasteiger partial charge in [0.2, 0.25) is 0 Å². The average molecular weight is 333 g/mol. The molecule has 24 heavy (non-hydrogen) atoms. The first-order valence-electron chi connectivity index (χ1n) is 9.92. The number of ether oxygens (including phenoxy) is 2. The van der Waals surface area contributed by atoms with E-state index in [1.165, 1.54) is 37.7 Å². The van der Waals surface area contributed by atoms with Crippen LogP contribution in [0.1, 0.15) is 86.5 Å². The normalized spacial score (nSPS) is 41.6. The van der Waals surface area contributed by atoms with E-state index in [9.17, 15) is 0 Å². The van der Waals surface area contributed by atoms with E-state index in [4.69, 9.17) is 9.47 Å². The molecular formula is C22H36O2. The van der Waals surface area contributed by atoms with Crippen LogP contribution in [-0.4, -0.2) is 17.5 Å². The average Bonchev–Trinajstić information content (AvgIpc) is 2.76. The van der Waals surface area contributed by atoms with Gasteiger partial charge in [0.15, 0.2) is 5.79 Å². The molecule has 3 atom stereocenters. The van der Waals surface area contributed by atoms with Gasteiger partial charge in [-0.05, 0) is 51.5 Å². The van der Waals surface area contributed by atoms with Gasteiger partial charge in [0.1, 0.15) is 11.7 Å². The van der Waals surface area contributed by atoms with Gasteiger partial charge in [0.25, 0.3) is 0 Å². The van der Waals surface area contributed by atoms with Crippen LogP contribution >= 0.6 is 0 Å². The summed E-state index contributed by atoms with van der Waals surface area (Å²) < 4.78 is 13.4. The molecular weight excluding hydrogens is 296 g/mol. The molecule has 0 spiro atoms. The third-order valence-electron chi connectivity index (χ3n) is 6.62. The van der Waals surface area contributed by atoms with Gasteiger partial charge in [0, 0.05) is 10.8 Å². The van der Waals surface area contributed by atoms with E-state index in [0.717, 1.165) is 12.8 Å². The van der Waals surface area contributed by atoms with E-state index < -0.39 is 5.79 Å². The van der Waals surface area contributed by atoms with Crippen molar-refractivity contribution in [2.24, 2.45) is 10.8 Å². The summed E-state index contributed by atoms with van der Waals surface area (Å²) in [4.78, 5) is 0. The highest BCUT2D eigenvalue weighted by atomic mass is 16.8. The molecule has 0 aromatic rings. The molecule has 136 valence electrons. The molecule has 0 unspecified atom stereocenters. The zero-order chi connectivity index (χ0) is 17.6. The summed E-state index contributed by atoms with van der Waals surface area (Å²) in [6.45, 7) is 13.6. The largest absolute Gasteiger partial charge is 0.340 e. The Hall–Kier alpha value is -0.600. The Morgan fingerprint density at radius 2 is 1.92 bits per heavy atom. The van der Waals surface area contributed by atoms with Crippen molar-refractivity contribution in [3.63, 3.8) is 0 Å². The molecule has 0 amide bonds. The van der Waals surface area contributed by atoms with Crippen molar-refractivity contribution in [2.75, 3.05) is 0 Å². The van der Waals surface area contributed by atoms with Crippen LogP contribution in [-0.2, 0) is 9.47 Å². The van der Waals surface area contributed by atoms with Gasteiger partial charge in [-0.3, -0.25) is 0 Å². The van der Waals surface area contributed by atoms with Crippen molar-refractivity contribution < 1.29 is 9.47 Å². The molecule has 0 aromatic carbocycles. The fourth-order valence-electron chi connectivity index (χ4n) is 5.14. The number of fused-ring (bicyclic) bond motifs is 3. The van der Waals surface area contributed by atoms with E-state index in [2.05, 4.69) is 59.8 Å². The molecule has 0 bridgehead atoms. The zero-order valence-electron chi connectivity index (χ0n) is 16.6. The SMILES string of the molecule is CCCC[C@@]12OC(C)(C)O[C@H]1C1=CCCC[C@]1(C)/C=C\CC2(C)C. The quantitative estimate of drug-likeness (QED) is 0.575. The standard InChI is InChI=1S/C22H36O2/c1-7-8-16-22-18(23-20(4,5)24-22)17-12-9-10-14-21(17,6)15-11-13-19(22,2)3/h11-12,15,18H,7-10,13-14,16H2,1-6H3/b15-11-/t18-,21+,22+/m0/s1. The minimum atomic E-state index is -0.515. The lowest BCUT2D eigenvalue weighted by molar-refractivity contribution is -0.188. The van der Waals surface area contributed by atoms with Crippen LogP contribution in [0.25, 0.3) is 0 Å². The van der Waals surface area contributed by atoms with Crippen molar-refractivity contribution in [1.82, 2.24) is 0 Å². The first-order chi connectivity index (χ1) is 11.2. The van der Waals surface area contributed by atoms with Gasteiger partial charge in [-0.2, -0.15) is 0 Å². The zero-order valence-corrected chi connectivity index (χ0v) is 16.6. The van der Waals surface area contributed by atoms with E-state index >= 15 is 0 Å². The molecule has 2 nitrogen and oxygen atoms in total. The fourth-order valence-corrected chi connectivity index (χ4v) is 5.14. The van der Waals surface area contributed by atoms with Crippen molar-refractivity contribution in [3.05, 3.63) is 23.8 Å². The van der Waals surface area contributed by atoms with E-state index in [-0.39, 0.29) is 22.5 Å². The van der Waals surface area contributed by atoms with Crippen LogP contribution in [0.5, 0.6) is 0 Å². The minimum Gasteiger partial charge on any atom is -0.340 e. The van der Waals surface area contributed by atoms with Gasteiger partial charge in [-0.1, -0.05) is 58.8 Å². The second kappa shape index (κ2) is 5.99. The van der Waals surface area contributed by atoms with Crippen molar-refractivity contribution in [1.29, 1.82) is 0 Å². The molecule has 0 radical (unpaired) electrons. The van der Waals surface area contributed by atoms with E-state index in [1.54, 1.807) is 0 Å². The van der Waals surface area contributed by atoms with Crippen LogP contribution in [0.4, 0.5) is 0 Å². The summed E-state index contributed by atoms with van der Waals surface area (Å²) in [5.74, 6) is -0.515. The summed E-state index contributed by atoms with van der Waals surface area (Å²) in [6, 6.07) is 0. The highest BCUT2D eigenvalue weighted by molar-refractivity contribution is 5.34. The molecule has 0 aromatic heterocycles. The lowest BCUT2D eigenvalue weighted by Crippen LogP contribution is -2.55. The van der Waals surface area contributed by atoms with Gasteiger partial charge in [0.05, 0.1) is 0 Å². The minimum absolute atomic E-state index is 0.0523. The van der Waals surface area contributed by atoms with Crippen LogP contribution in [0.2, 0.25) is 0 Å². The maximum absolute atomic E-state index is 6.79. The van der Waals surface area contributed by atoms with E-state index in [1.807, 2.05) is 0 Å². The predicted molar refractivity (Wildman–Crippen MR) is 99.9 cm³/mol. The molecule has 1 fully saturated rings. The van der Waals surface area contributed by atoms with Gasteiger partial charge in [-0.25, -0.2) is 0 Å². The number of hydrogen-bond acceptors (Lipinski definition) is 2. The van der Waals surface area contributed by atoms with Crippen LogP contribution < -0.4 is 0 Å². The van der Waals surface area contributed by atoms with Crippen LogP contribution in [0, 0.1) is 10.8 Å². The maximum atomic E-state index is 6.79. The number of unbranched alkanes of at least 4 members (excludes halogenated alkanes) is 1. The number of hydrogen-bond donors (Lipinski definition) is 0. The summed E-state index contributed by atoms with van der Waals surface area (Å²) in [6.07, 6.45) is 15.6. The number of rotatable bonds is 3. The molecule has 2 aliphatic carbocycles. The lowest BCUT2D eigenvalue weighted by Gasteiger charge is -2.50. The van der Waals surface area contributed by atoms with Crippen molar-refractivity contribution in [3.8, 4) is 0 Å². The Morgan fingerprint density at radius 3 is 2.62 bits per heavy atom. The Morgan fingerprint density at radius 1 is 1.17 bits per heavy atom. The first kappa shape index (κ1) is 18.2. The molecule has 0 N–H and O–H groups in total. The maximum Gasteiger partial charge on any atom is 0.164 e. The molecule has 3 rings (SSSR count). The van der Waals surface area contributed by atoms with Gasteiger partial charge >= 0.3 is 0 Å². The third kappa shape index (κ3) is 2.80. The Kier molecular flexibility index (Phi) is 4.54. The summed E-state index contributed by atoms with van der Waals surface area (Å²) in [5, 5.41) is 0. The predicted octanol–water partition coefficient (Wildman–Crippen LogP) is 6.17. The Balaban J connectivity index is 2.15. The topological polar surface area (TPSA) is 18.5 Å². The molecule has 3 aliphatic rings. The first-order valence-corrected chi connectivity index (χ1v) is 9.92. The lowest BCUT2D eigenvalue weighted by atomic mass is 9.59. The summed E-state index contributed by atoms with van der Waals surface area (Å²) in [5.41, 5.74) is 1.42. The Bertz CT molecular complexity index is 542. The summed E-state index contributed by atoms with van der Waals surface area (Å²) in [7, 11) is 0. The highest BCUT2D eigenvalue weighted by Crippen LogP contribution is 2.58. The second-order valence-corrected chi connectivity index (χ2v) is 9.45. The highest BCUT2D eigenvalue weighted by Gasteiger charge is 2.62. The van der Waals surface area contributed by atoms with Crippen molar-refractivity contribution in [2.45, 2.75) is 104 Å². The van der Waals surface area contributed by atoms with Crippen molar-refractivity contribution >= 4 is 0 Å². The van der Waals surface area contributed by atoms with Gasteiger partial charge < -0.3 is 9.47 Å². The second-order valence-electron chi connectivity index (χ2n) is 9.45. The third-order valence-corrected chi connectivity index (χ3v) is 6.62. The molecule has 0 saturated carbocycles. The Labute approximate surface area is 148 Å².